The molecule has 1 aromatic rings. The molecule has 1 aliphatic rings. The quantitative estimate of drug-likeness (QED) is 0.675. The number of anilines is 1. The Bertz CT molecular complexity index is 284. The summed E-state index contributed by atoms with van der Waals surface area (Å²) in [4.78, 5) is 0. The third kappa shape index (κ3) is 2.07. The number of aromatic nitrogens is 2. The fourth-order valence-corrected chi connectivity index (χ4v) is 1.45. The number of hydrogen-bond acceptors (Lipinski definition) is 3. The molecule has 2 rings (SSSR count). The number of halogens is 2. The Hall–Kier alpha value is -0.450. The summed E-state index contributed by atoms with van der Waals surface area (Å²) in [5.41, 5.74) is 8.12. The Kier molecular flexibility index (Phi) is 4.53. The normalized spacial score (nSPS) is 13.9. The van der Waals surface area contributed by atoms with Crippen molar-refractivity contribution in [1.82, 2.24) is 15.1 Å². The maximum Gasteiger partial charge on any atom is 0.126 e. The fourth-order valence-electron chi connectivity index (χ4n) is 1.45. The van der Waals surface area contributed by atoms with Gasteiger partial charge in [0.2, 0.25) is 0 Å². The minimum absolute atomic E-state index is 0. The molecule has 2 heterocycles. The number of aryl methyl sites for hydroxylation is 1. The second kappa shape index (κ2) is 4.69. The zero-order valence-corrected chi connectivity index (χ0v) is 9.04. The van der Waals surface area contributed by atoms with Crippen molar-refractivity contribution in [2.45, 2.75) is 13.0 Å². The second-order valence-corrected chi connectivity index (χ2v) is 2.86. The molecule has 0 amide bonds. The van der Waals surface area contributed by atoms with Crippen LogP contribution in [0.1, 0.15) is 11.3 Å². The topological polar surface area (TPSA) is 55.9 Å². The lowest BCUT2D eigenvalue weighted by molar-refractivity contribution is 0.633. The van der Waals surface area contributed by atoms with Gasteiger partial charge in [-0.05, 0) is 0 Å². The molecule has 0 saturated carbocycles. The summed E-state index contributed by atoms with van der Waals surface area (Å²) < 4.78 is 1.75. The van der Waals surface area contributed by atoms with Gasteiger partial charge in [0, 0.05) is 32.1 Å². The van der Waals surface area contributed by atoms with E-state index in [0.29, 0.717) is 0 Å². The third-order valence-corrected chi connectivity index (χ3v) is 2.12. The summed E-state index contributed by atoms with van der Waals surface area (Å²) in [6.07, 6.45) is 1.00. The van der Waals surface area contributed by atoms with E-state index in [9.17, 15) is 0 Å². The van der Waals surface area contributed by atoms with Crippen molar-refractivity contribution in [2.24, 2.45) is 7.05 Å². The SMILES string of the molecule is Cl.Cl.Cn1nc2c(c1N)CNCC2. The lowest BCUT2D eigenvalue weighted by Crippen LogP contribution is -2.23. The number of nitrogen functional groups attached to an aromatic ring is 1. The van der Waals surface area contributed by atoms with Gasteiger partial charge < -0.3 is 11.1 Å². The van der Waals surface area contributed by atoms with Gasteiger partial charge in [-0.15, -0.1) is 24.8 Å². The van der Waals surface area contributed by atoms with Crippen LogP contribution in [0, 0.1) is 0 Å². The molecule has 6 heteroatoms. The number of fused-ring (bicyclic) bond motifs is 1. The first kappa shape index (κ1) is 12.6. The van der Waals surface area contributed by atoms with E-state index in [1.54, 1.807) is 4.68 Å². The molecular weight excluding hydrogens is 211 g/mol. The van der Waals surface area contributed by atoms with Gasteiger partial charge in [-0.1, -0.05) is 0 Å². The molecule has 1 aromatic heterocycles. The van der Waals surface area contributed by atoms with E-state index in [-0.39, 0.29) is 24.8 Å². The highest BCUT2D eigenvalue weighted by Crippen LogP contribution is 2.18. The minimum Gasteiger partial charge on any atom is -0.384 e. The lowest BCUT2D eigenvalue weighted by Gasteiger charge is -2.10. The first-order chi connectivity index (χ1) is 5.29. The van der Waals surface area contributed by atoms with Gasteiger partial charge in [-0.25, -0.2) is 0 Å². The molecule has 3 N–H and O–H groups in total. The van der Waals surface area contributed by atoms with Gasteiger partial charge in [0.25, 0.3) is 0 Å². The maximum atomic E-state index is 5.78. The highest BCUT2D eigenvalue weighted by molar-refractivity contribution is 5.85. The molecule has 0 fully saturated rings. The predicted octanol–water partition coefficient (Wildman–Crippen LogP) is 0.492. The van der Waals surface area contributed by atoms with Crippen molar-refractivity contribution >= 4 is 30.6 Å². The van der Waals surface area contributed by atoms with Crippen LogP contribution in [0.15, 0.2) is 0 Å². The number of rotatable bonds is 0. The fraction of sp³-hybridized carbons (Fsp3) is 0.571. The first-order valence-electron chi connectivity index (χ1n) is 3.80. The second-order valence-electron chi connectivity index (χ2n) is 2.86. The Balaban J connectivity index is 0.000000720. The highest BCUT2D eigenvalue weighted by Gasteiger charge is 2.15. The molecule has 0 aromatic carbocycles. The van der Waals surface area contributed by atoms with Gasteiger partial charge in [0.1, 0.15) is 5.82 Å². The summed E-state index contributed by atoms with van der Waals surface area (Å²) in [5.74, 6) is 0.798. The standard InChI is InChI=1S/C7H12N4.2ClH/c1-11-7(8)5-4-9-3-2-6(5)10-11;;/h9H,2-4,8H2,1H3;2*1H. The van der Waals surface area contributed by atoms with Crippen LogP contribution in [-0.2, 0) is 20.0 Å². The molecule has 0 bridgehead atoms. The average Bonchev–Trinajstić information content (AvgIpc) is 2.30. The molecule has 4 nitrogen and oxygen atoms in total. The largest absolute Gasteiger partial charge is 0.384 e. The molecule has 0 spiro atoms. The summed E-state index contributed by atoms with van der Waals surface area (Å²) in [6.45, 7) is 1.89. The van der Waals surface area contributed by atoms with Gasteiger partial charge in [0.05, 0.1) is 5.69 Å². The molecule has 76 valence electrons. The monoisotopic (exact) mass is 224 g/mol. The summed E-state index contributed by atoms with van der Waals surface area (Å²) in [7, 11) is 1.88. The number of nitrogens with one attached hydrogen (secondary N) is 1. The molecule has 0 unspecified atom stereocenters. The molecule has 0 radical (unpaired) electrons. The van der Waals surface area contributed by atoms with E-state index >= 15 is 0 Å². The molecule has 0 saturated heterocycles. The van der Waals surface area contributed by atoms with E-state index in [1.165, 1.54) is 5.56 Å². The average molecular weight is 225 g/mol. The van der Waals surface area contributed by atoms with Crippen molar-refractivity contribution in [1.29, 1.82) is 0 Å². The zero-order chi connectivity index (χ0) is 7.84. The van der Waals surface area contributed by atoms with Crippen LogP contribution < -0.4 is 11.1 Å². The number of nitrogens with zero attached hydrogens (tertiary/aromatic N) is 2. The van der Waals surface area contributed by atoms with Crippen LogP contribution in [0.5, 0.6) is 0 Å². The van der Waals surface area contributed by atoms with Crippen molar-refractivity contribution in [3.63, 3.8) is 0 Å². The smallest absolute Gasteiger partial charge is 0.126 e. The summed E-state index contributed by atoms with van der Waals surface area (Å²) >= 11 is 0. The molecule has 0 aliphatic carbocycles. The van der Waals surface area contributed by atoms with Crippen LogP contribution in [0.4, 0.5) is 5.82 Å². The third-order valence-electron chi connectivity index (χ3n) is 2.12. The lowest BCUT2D eigenvalue weighted by atomic mass is 10.1. The molecular formula is C7H14Cl2N4. The Morgan fingerprint density at radius 2 is 2.15 bits per heavy atom. The van der Waals surface area contributed by atoms with Crippen LogP contribution >= 0.6 is 24.8 Å². The van der Waals surface area contributed by atoms with E-state index in [4.69, 9.17) is 5.73 Å². The van der Waals surface area contributed by atoms with Crippen LogP contribution in [0.3, 0.4) is 0 Å². The van der Waals surface area contributed by atoms with E-state index in [0.717, 1.165) is 31.0 Å². The van der Waals surface area contributed by atoms with E-state index in [1.807, 2.05) is 7.05 Å². The zero-order valence-electron chi connectivity index (χ0n) is 7.41. The van der Waals surface area contributed by atoms with Crippen LogP contribution in [-0.4, -0.2) is 16.3 Å². The number of nitrogens with two attached hydrogens (primary N) is 1. The van der Waals surface area contributed by atoms with Crippen molar-refractivity contribution in [3.05, 3.63) is 11.3 Å². The summed E-state index contributed by atoms with van der Waals surface area (Å²) in [5, 5.41) is 7.56. The van der Waals surface area contributed by atoms with Crippen molar-refractivity contribution < 1.29 is 0 Å². The number of hydrogen-bond donors (Lipinski definition) is 2. The van der Waals surface area contributed by atoms with Crippen LogP contribution in [0.25, 0.3) is 0 Å². The first-order valence-corrected chi connectivity index (χ1v) is 3.80. The van der Waals surface area contributed by atoms with Gasteiger partial charge in [-0.3, -0.25) is 4.68 Å². The Morgan fingerprint density at radius 3 is 2.77 bits per heavy atom. The van der Waals surface area contributed by atoms with Gasteiger partial charge >= 0.3 is 0 Å². The van der Waals surface area contributed by atoms with Crippen molar-refractivity contribution in [2.75, 3.05) is 12.3 Å². The van der Waals surface area contributed by atoms with Crippen LogP contribution in [0.2, 0.25) is 0 Å². The summed E-state index contributed by atoms with van der Waals surface area (Å²) in [6, 6.07) is 0. The Morgan fingerprint density at radius 1 is 1.46 bits per heavy atom. The van der Waals surface area contributed by atoms with E-state index < -0.39 is 0 Å². The minimum atomic E-state index is 0. The maximum absolute atomic E-state index is 5.78. The highest BCUT2D eigenvalue weighted by atomic mass is 35.5. The van der Waals surface area contributed by atoms with Crippen molar-refractivity contribution in [3.8, 4) is 0 Å². The Labute approximate surface area is 89.7 Å². The van der Waals surface area contributed by atoms with Gasteiger partial charge in [0.15, 0.2) is 0 Å². The predicted molar refractivity (Wildman–Crippen MR) is 57.5 cm³/mol. The molecule has 13 heavy (non-hydrogen) atoms. The molecule has 0 atom stereocenters. The van der Waals surface area contributed by atoms with Gasteiger partial charge in [-0.2, -0.15) is 5.10 Å². The van der Waals surface area contributed by atoms with E-state index in [2.05, 4.69) is 10.4 Å². The molecule has 1 aliphatic heterocycles.